The zero-order chi connectivity index (χ0) is 9.68. The molecular formula is C10H13NO2. The molecule has 1 rings (SSSR count). The van der Waals surface area contributed by atoms with Gasteiger partial charge >= 0.3 is 5.97 Å². The van der Waals surface area contributed by atoms with E-state index in [0.29, 0.717) is 6.54 Å². The molecule has 0 aliphatic carbocycles. The Labute approximate surface area is 77.2 Å². The molecule has 3 N–H and O–H groups in total. The summed E-state index contributed by atoms with van der Waals surface area (Å²) in [6.07, 6.45) is 0.927. The Hall–Kier alpha value is -1.35. The highest BCUT2D eigenvalue weighted by molar-refractivity contribution is 5.70. The molecule has 0 spiro atoms. The van der Waals surface area contributed by atoms with Crippen LogP contribution in [0.1, 0.15) is 11.1 Å². The summed E-state index contributed by atoms with van der Waals surface area (Å²) in [5.41, 5.74) is 7.36. The number of benzene rings is 1. The summed E-state index contributed by atoms with van der Waals surface area (Å²) in [6.45, 7) is 0.623. The van der Waals surface area contributed by atoms with E-state index in [1.54, 1.807) is 0 Å². The largest absolute Gasteiger partial charge is 0.481 e. The first-order valence-electron chi connectivity index (χ1n) is 4.22. The van der Waals surface area contributed by atoms with Crippen LogP contribution in [0.25, 0.3) is 0 Å². The lowest BCUT2D eigenvalue weighted by Crippen LogP contribution is -2.03. The molecule has 0 bridgehead atoms. The highest BCUT2D eigenvalue weighted by Crippen LogP contribution is 2.05. The van der Waals surface area contributed by atoms with Crippen LogP contribution < -0.4 is 5.73 Å². The van der Waals surface area contributed by atoms with Gasteiger partial charge in [0.2, 0.25) is 0 Å². The second-order valence-corrected chi connectivity index (χ2v) is 2.93. The molecule has 0 amide bonds. The number of hydrogen-bond donors (Lipinski definition) is 2. The van der Waals surface area contributed by atoms with E-state index in [-0.39, 0.29) is 6.42 Å². The van der Waals surface area contributed by atoms with Crippen LogP contribution >= 0.6 is 0 Å². The molecule has 13 heavy (non-hydrogen) atoms. The van der Waals surface area contributed by atoms with E-state index >= 15 is 0 Å². The number of rotatable bonds is 4. The molecule has 0 radical (unpaired) electrons. The number of hydrogen-bond acceptors (Lipinski definition) is 2. The van der Waals surface area contributed by atoms with Crippen LogP contribution in [0, 0.1) is 0 Å². The van der Waals surface area contributed by atoms with Gasteiger partial charge in [-0.05, 0) is 24.1 Å². The van der Waals surface area contributed by atoms with Crippen molar-refractivity contribution in [3.63, 3.8) is 0 Å². The minimum atomic E-state index is -0.799. The van der Waals surface area contributed by atoms with Gasteiger partial charge in [-0.25, -0.2) is 0 Å². The third-order valence-electron chi connectivity index (χ3n) is 1.81. The van der Waals surface area contributed by atoms with E-state index in [1.165, 1.54) is 0 Å². The van der Waals surface area contributed by atoms with Crippen molar-refractivity contribution in [2.24, 2.45) is 5.73 Å². The Morgan fingerprint density at radius 3 is 2.23 bits per heavy atom. The fourth-order valence-electron chi connectivity index (χ4n) is 1.17. The van der Waals surface area contributed by atoms with E-state index in [2.05, 4.69) is 0 Å². The van der Waals surface area contributed by atoms with Gasteiger partial charge in [0.1, 0.15) is 0 Å². The Balaban J connectivity index is 2.64. The van der Waals surface area contributed by atoms with Crippen LogP contribution in [0.2, 0.25) is 0 Å². The lowest BCUT2D eigenvalue weighted by molar-refractivity contribution is -0.136. The van der Waals surface area contributed by atoms with Crippen molar-refractivity contribution >= 4 is 5.97 Å². The van der Waals surface area contributed by atoms with Crippen LogP contribution in [0.5, 0.6) is 0 Å². The van der Waals surface area contributed by atoms with Crippen molar-refractivity contribution in [2.75, 3.05) is 6.54 Å². The minimum absolute atomic E-state index is 0.0862. The number of aliphatic carboxylic acids is 1. The molecule has 1 aromatic carbocycles. The quantitative estimate of drug-likeness (QED) is 0.719. The summed E-state index contributed by atoms with van der Waals surface area (Å²) >= 11 is 0. The Morgan fingerprint density at radius 2 is 1.77 bits per heavy atom. The Kier molecular flexibility index (Phi) is 3.46. The van der Waals surface area contributed by atoms with E-state index in [1.807, 2.05) is 24.3 Å². The number of nitrogens with two attached hydrogens (primary N) is 1. The predicted octanol–water partition coefficient (Wildman–Crippen LogP) is 0.815. The summed E-state index contributed by atoms with van der Waals surface area (Å²) in [4.78, 5) is 10.4. The van der Waals surface area contributed by atoms with E-state index in [4.69, 9.17) is 10.8 Å². The van der Waals surface area contributed by atoms with Gasteiger partial charge in [0.25, 0.3) is 0 Å². The third kappa shape index (κ3) is 3.25. The maximum atomic E-state index is 10.4. The standard InChI is InChI=1S/C10H13NO2/c11-6-5-8-1-3-9(4-2-8)7-10(12)13/h1-4H,5-7,11H2,(H,12,13). The van der Waals surface area contributed by atoms with Gasteiger partial charge in [-0.3, -0.25) is 4.79 Å². The fraction of sp³-hybridized carbons (Fsp3) is 0.300. The van der Waals surface area contributed by atoms with Crippen molar-refractivity contribution in [1.29, 1.82) is 0 Å². The molecule has 0 saturated carbocycles. The van der Waals surface area contributed by atoms with Gasteiger partial charge in [0.05, 0.1) is 6.42 Å². The van der Waals surface area contributed by atoms with Gasteiger partial charge in [-0.2, -0.15) is 0 Å². The van der Waals surface area contributed by atoms with Gasteiger partial charge in [0.15, 0.2) is 0 Å². The normalized spacial score (nSPS) is 9.92. The molecule has 70 valence electrons. The van der Waals surface area contributed by atoms with Gasteiger partial charge in [-0.15, -0.1) is 0 Å². The highest BCUT2D eigenvalue weighted by Gasteiger charge is 1.99. The zero-order valence-electron chi connectivity index (χ0n) is 7.36. The van der Waals surface area contributed by atoms with E-state index in [0.717, 1.165) is 17.5 Å². The van der Waals surface area contributed by atoms with Crippen molar-refractivity contribution in [1.82, 2.24) is 0 Å². The minimum Gasteiger partial charge on any atom is -0.481 e. The Morgan fingerprint density at radius 1 is 1.23 bits per heavy atom. The first-order chi connectivity index (χ1) is 6.22. The van der Waals surface area contributed by atoms with Crippen molar-refractivity contribution < 1.29 is 9.90 Å². The van der Waals surface area contributed by atoms with Gasteiger partial charge in [-0.1, -0.05) is 24.3 Å². The predicted molar refractivity (Wildman–Crippen MR) is 50.5 cm³/mol. The Bertz CT molecular complexity index is 279. The average Bonchev–Trinajstić information content (AvgIpc) is 2.08. The van der Waals surface area contributed by atoms with Crippen molar-refractivity contribution in [2.45, 2.75) is 12.8 Å². The number of carboxylic acid groups (broad SMARTS) is 1. The smallest absolute Gasteiger partial charge is 0.307 e. The first kappa shape index (κ1) is 9.74. The SMILES string of the molecule is NCCc1ccc(CC(=O)O)cc1. The first-order valence-corrected chi connectivity index (χ1v) is 4.22. The molecule has 1 aromatic rings. The van der Waals surface area contributed by atoms with Crippen LogP contribution in [-0.4, -0.2) is 17.6 Å². The lowest BCUT2D eigenvalue weighted by Gasteiger charge is -2.00. The average molecular weight is 179 g/mol. The molecule has 0 heterocycles. The molecular weight excluding hydrogens is 166 g/mol. The highest BCUT2D eigenvalue weighted by atomic mass is 16.4. The maximum Gasteiger partial charge on any atom is 0.307 e. The second kappa shape index (κ2) is 4.62. The molecule has 0 atom stereocenters. The van der Waals surface area contributed by atoms with Crippen LogP contribution in [0.3, 0.4) is 0 Å². The van der Waals surface area contributed by atoms with Crippen molar-refractivity contribution in [3.8, 4) is 0 Å². The molecule has 0 aliphatic rings. The molecule has 0 aromatic heterocycles. The monoisotopic (exact) mass is 179 g/mol. The van der Waals surface area contributed by atoms with E-state index in [9.17, 15) is 4.79 Å². The molecule has 0 fully saturated rings. The summed E-state index contributed by atoms with van der Waals surface area (Å²) in [5, 5.41) is 8.52. The summed E-state index contributed by atoms with van der Waals surface area (Å²) in [6, 6.07) is 7.51. The molecule has 0 unspecified atom stereocenters. The van der Waals surface area contributed by atoms with Crippen LogP contribution in [-0.2, 0) is 17.6 Å². The van der Waals surface area contributed by atoms with Crippen LogP contribution in [0.4, 0.5) is 0 Å². The second-order valence-electron chi connectivity index (χ2n) is 2.93. The van der Waals surface area contributed by atoms with Crippen LogP contribution in [0.15, 0.2) is 24.3 Å². The summed E-state index contributed by atoms with van der Waals surface area (Å²) in [5.74, 6) is -0.799. The van der Waals surface area contributed by atoms with Gasteiger partial charge < -0.3 is 10.8 Å². The lowest BCUT2D eigenvalue weighted by atomic mass is 10.1. The molecule has 0 aliphatic heterocycles. The summed E-state index contributed by atoms with van der Waals surface area (Å²) < 4.78 is 0. The van der Waals surface area contributed by atoms with E-state index < -0.39 is 5.97 Å². The molecule has 3 heteroatoms. The molecule has 3 nitrogen and oxygen atoms in total. The fourth-order valence-corrected chi connectivity index (χ4v) is 1.17. The third-order valence-corrected chi connectivity index (χ3v) is 1.81. The zero-order valence-corrected chi connectivity index (χ0v) is 7.36. The topological polar surface area (TPSA) is 63.3 Å². The summed E-state index contributed by atoms with van der Waals surface area (Å²) in [7, 11) is 0. The maximum absolute atomic E-state index is 10.4. The number of carbonyl (C=O) groups is 1. The molecule has 0 saturated heterocycles. The number of carboxylic acids is 1. The van der Waals surface area contributed by atoms with Crippen molar-refractivity contribution in [3.05, 3.63) is 35.4 Å². The van der Waals surface area contributed by atoms with Gasteiger partial charge in [0, 0.05) is 0 Å².